The van der Waals surface area contributed by atoms with Crippen molar-refractivity contribution in [3.05, 3.63) is 35.4 Å². The lowest BCUT2D eigenvalue weighted by atomic mass is 10.1. The van der Waals surface area contributed by atoms with Gasteiger partial charge in [0.1, 0.15) is 17.8 Å². The molecule has 0 bridgehead atoms. The average molecular weight is 264 g/mol. The molecule has 0 amide bonds. The molecule has 17 heavy (non-hydrogen) atoms. The van der Waals surface area contributed by atoms with Crippen LogP contribution in [-0.2, 0) is 9.09 Å². The smallest absolute Gasteiger partial charge is 0.324 e. The van der Waals surface area contributed by atoms with Gasteiger partial charge < -0.3 is 9.42 Å². The van der Waals surface area contributed by atoms with Crippen molar-refractivity contribution in [2.24, 2.45) is 0 Å². The lowest BCUT2D eigenvalue weighted by molar-refractivity contribution is 0.100. The second-order valence-corrected chi connectivity index (χ2v) is 5.08. The first-order chi connectivity index (χ1) is 7.87. The molecule has 1 aromatic carbocycles. The Morgan fingerprint density at radius 2 is 1.94 bits per heavy atom. The molecule has 1 N–H and O–H groups in total. The molecule has 0 aromatic heterocycles. The molecule has 0 spiro atoms. The summed E-state index contributed by atoms with van der Waals surface area (Å²) >= 11 is 0. The summed E-state index contributed by atoms with van der Waals surface area (Å²) < 4.78 is 42.1. The van der Waals surface area contributed by atoms with E-state index in [9.17, 15) is 23.0 Å². The molecule has 0 heterocycles. The van der Waals surface area contributed by atoms with Gasteiger partial charge in [-0.3, -0.25) is 9.36 Å². The SMILES string of the molecule is CCOP(=O)(O)CC(=O)c1c(F)cccc1F. The van der Waals surface area contributed by atoms with E-state index in [4.69, 9.17) is 0 Å². The number of carbonyl (C=O) groups excluding carboxylic acids is 1. The minimum absolute atomic E-state index is 0.0686. The molecule has 1 rings (SSSR count). The first kappa shape index (κ1) is 14.0. The number of Topliss-reactive ketones (excluding diaryl/α,β-unsaturated/α-hetero) is 1. The predicted octanol–water partition coefficient (Wildman–Crippen LogP) is 2.37. The van der Waals surface area contributed by atoms with Gasteiger partial charge >= 0.3 is 7.60 Å². The van der Waals surface area contributed by atoms with E-state index in [1.165, 1.54) is 6.92 Å². The molecule has 7 heteroatoms. The normalized spacial score (nSPS) is 14.4. The van der Waals surface area contributed by atoms with E-state index in [1.54, 1.807) is 0 Å². The molecule has 0 radical (unpaired) electrons. The highest BCUT2D eigenvalue weighted by atomic mass is 31.2. The van der Waals surface area contributed by atoms with Crippen LogP contribution in [0.15, 0.2) is 18.2 Å². The summed E-state index contributed by atoms with van der Waals surface area (Å²) in [5.41, 5.74) is -0.818. The van der Waals surface area contributed by atoms with Crippen LogP contribution in [0, 0.1) is 11.6 Å². The molecule has 1 atom stereocenters. The number of carbonyl (C=O) groups is 1. The zero-order valence-corrected chi connectivity index (χ0v) is 9.92. The molecule has 0 aliphatic rings. The quantitative estimate of drug-likeness (QED) is 0.655. The van der Waals surface area contributed by atoms with E-state index in [-0.39, 0.29) is 6.61 Å². The standard InChI is InChI=1S/C10H11F2O4P/c1-2-16-17(14,15)6-9(13)10-7(11)4-3-5-8(10)12/h3-5H,2,6H2,1H3,(H,14,15). The highest BCUT2D eigenvalue weighted by molar-refractivity contribution is 7.53. The molecule has 1 unspecified atom stereocenters. The summed E-state index contributed by atoms with van der Waals surface area (Å²) in [7, 11) is -4.14. The molecule has 4 nitrogen and oxygen atoms in total. The van der Waals surface area contributed by atoms with Crippen LogP contribution in [0.25, 0.3) is 0 Å². The zero-order valence-electron chi connectivity index (χ0n) is 9.02. The van der Waals surface area contributed by atoms with Gasteiger partial charge in [0.25, 0.3) is 0 Å². The largest absolute Gasteiger partial charge is 0.335 e. The Hall–Kier alpha value is -1.10. The Kier molecular flexibility index (Phi) is 4.51. The number of hydrogen-bond acceptors (Lipinski definition) is 3. The fourth-order valence-corrected chi connectivity index (χ4v) is 2.29. The van der Waals surface area contributed by atoms with Gasteiger partial charge in [-0.2, -0.15) is 0 Å². The van der Waals surface area contributed by atoms with Crippen molar-refractivity contribution in [1.29, 1.82) is 0 Å². The van der Waals surface area contributed by atoms with E-state index in [0.29, 0.717) is 0 Å². The van der Waals surface area contributed by atoms with Gasteiger partial charge in [-0.25, -0.2) is 8.78 Å². The molecule has 94 valence electrons. The monoisotopic (exact) mass is 264 g/mol. The Balaban J connectivity index is 2.95. The van der Waals surface area contributed by atoms with Gasteiger partial charge in [0, 0.05) is 0 Å². The van der Waals surface area contributed by atoms with Gasteiger partial charge in [0.2, 0.25) is 0 Å². The Labute approximate surface area is 96.8 Å². The molecule has 0 fully saturated rings. The van der Waals surface area contributed by atoms with E-state index in [2.05, 4.69) is 4.52 Å². The number of benzene rings is 1. The minimum atomic E-state index is -4.14. The predicted molar refractivity (Wildman–Crippen MR) is 57.0 cm³/mol. The molecular formula is C10H11F2O4P. The number of halogens is 2. The number of ketones is 1. The van der Waals surface area contributed by atoms with Crippen LogP contribution in [-0.4, -0.2) is 23.4 Å². The van der Waals surface area contributed by atoms with Gasteiger partial charge in [0.05, 0.1) is 12.2 Å². The highest BCUT2D eigenvalue weighted by Crippen LogP contribution is 2.42. The van der Waals surface area contributed by atoms with Crippen LogP contribution in [0.2, 0.25) is 0 Å². The maximum absolute atomic E-state index is 13.2. The molecule has 0 aliphatic carbocycles. The average Bonchev–Trinajstić information content (AvgIpc) is 2.15. The van der Waals surface area contributed by atoms with Crippen LogP contribution < -0.4 is 0 Å². The van der Waals surface area contributed by atoms with Crippen molar-refractivity contribution < 1.29 is 27.6 Å². The van der Waals surface area contributed by atoms with Gasteiger partial charge in [-0.1, -0.05) is 6.07 Å². The lowest BCUT2D eigenvalue weighted by Gasteiger charge is -2.10. The third kappa shape index (κ3) is 3.70. The molecule has 1 aromatic rings. The maximum Gasteiger partial charge on any atom is 0.335 e. The summed E-state index contributed by atoms with van der Waals surface area (Å²) in [5.74, 6) is -3.22. The first-order valence-electron chi connectivity index (χ1n) is 4.81. The van der Waals surface area contributed by atoms with Crippen molar-refractivity contribution in [2.75, 3.05) is 12.8 Å². The first-order valence-corrected chi connectivity index (χ1v) is 6.57. The van der Waals surface area contributed by atoms with E-state index in [0.717, 1.165) is 18.2 Å². The van der Waals surface area contributed by atoms with Crippen LogP contribution in [0.4, 0.5) is 8.78 Å². The topological polar surface area (TPSA) is 63.6 Å². The summed E-state index contributed by atoms with van der Waals surface area (Å²) in [5, 5.41) is 0. The van der Waals surface area contributed by atoms with E-state index >= 15 is 0 Å². The Morgan fingerprint density at radius 3 is 2.41 bits per heavy atom. The molecule has 0 aliphatic heterocycles. The summed E-state index contributed by atoms with van der Waals surface area (Å²) in [6.45, 7) is 1.40. The molecular weight excluding hydrogens is 253 g/mol. The maximum atomic E-state index is 13.2. The van der Waals surface area contributed by atoms with Crippen LogP contribution >= 0.6 is 7.60 Å². The Morgan fingerprint density at radius 1 is 1.41 bits per heavy atom. The van der Waals surface area contributed by atoms with Crippen LogP contribution in [0.5, 0.6) is 0 Å². The van der Waals surface area contributed by atoms with Crippen molar-refractivity contribution >= 4 is 13.4 Å². The van der Waals surface area contributed by atoms with E-state index in [1.807, 2.05) is 0 Å². The third-order valence-corrected chi connectivity index (χ3v) is 3.26. The van der Waals surface area contributed by atoms with E-state index < -0.39 is 36.7 Å². The fourth-order valence-electron chi connectivity index (χ4n) is 1.27. The van der Waals surface area contributed by atoms with Crippen LogP contribution in [0.3, 0.4) is 0 Å². The third-order valence-electron chi connectivity index (χ3n) is 1.92. The molecule has 0 saturated heterocycles. The summed E-state index contributed by atoms with van der Waals surface area (Å²) in [6.07, 6.45) is -0.946. The highest BCUT2D eigenvalue weighted by Gasteiger charge is 2.27. The second kappa shape index (κ2) is 5.49. The molecule has 0 saturated carbocycles. The van der Waals surface area contributed by atoms with Crippen molar-refractivity contribution in [2.45, 2.75) is 6.92 Å². The number of hydrogen-bond donors (Lipinski definition) is 1. The van der Waals surface area contributed by atoms with Crippen molar-refractivity contribution in [3.8, 4) is 0 Å². The number of rotatable bonds is 5. The zero-order chi connectivity index (χ0) is 13.1. The summed E-state index contributed by atoms with van der Waals surface area (Å²) in [4.78, 5) is 20.7. The minimum Gasteiger partial charge on any atom is -0.324 e. The second-order valence-electron chi connectivity index (χ2n) is 3.23. The lowest BCUT2D eigenvalue weighted by Crippen LogP contribution is -2.12. The summed E-state index contributed by atoms with van der Waals surface area (Å²) in [6, 6.07) is 2.90. The Bertz CT molecular complexity index is 455. The van der Waals surface area contributed by atoms with Gasteiger partial charge in [-0.15, -0.1) is 0 Å². The van der Waals surface area contributed by atoms with Crippen LogP contribution in [0.1, 0.15) is 17.3 Å². The van der Waals surface area contributed by atoms with Crippen molar-refractivity contribution in [3.63, 3.8) is 0 Å². The van der Waals surface area contributed by atoms with Crippen molar-refractivity contribution in [1.82, 2.24) is 0 Å². The fraction of sp³-hybridized carbons (Fsp3) is 0.300. The van der Waals surface area contributed by atoms with Gasteiger partial charge in [-0.05, 0) is 19.1 Å². The van der Waals surface area contributed by atoms with Gasteiger partial charge in [0.15, 0.2) is 5.78 Å².